The van der Waals surface area contributed by atoms with Crippen molar-refractivity contribution < 1.29 is 14.2 Å². The molecule has 0 radical (unpaired) electrons. The number of hydrogen-bond acceptors (Lipinski definition) is 6. The second-order valence-corrected chi connectivity index (χ2v) is 10.4. The number of aryl methyl sites for hydroxylation is 1. The summed E-state index contributed by atoms with van der Waals surface area (Å²) in [6.07, 6.45) is 2.12. The summed E-state index contributed by atoms with van der Waals surface area (Å²) in [5.41, 5.74) is 2.03. The van der Waals surface area contributed by atoms with E-state index in [1.165, 1.54) is 4.68 Å². The zero-order chi connectivity index (χ0) is 25.8. The van der Waals surface area contributed by atoms with Crippen LogP contribution < -0.4 is 19.8 Å². The molecule has 3 aromatic carbocycles. The highest BCUT2D eigenvalue weighted by Gasteiger charge is 2.15. The highest BCUT2D eigenvalue weighted by Crippen LogP contribution is 2.39. The van der Waals surface area contributed by atoms with E-state index in [0.717, 1.165) is 19.0 Å². The minimum absolute atomic E-state index is 0.242. The molecule has 0 saturated carbocycles. The fraction of sp³-hybridized carbons (Fsp3) is 0.192. The number of nitrogens with zero attached hydrogens (tertiary/aromatic N) is 3. The van der Waals surface area contributed by atoms with Gasteiger partial charge in [0.05, 0.1) is 31.3 Å². The molecule has 186 valence electrons. The normalized spacial score (nSPS) is 11.3. The van der Waals surface area contributed by atoms with Crippen molar-refractivity contribution in [3.05, 3.63) is 89.3 Å². The number of fused-ring (bicyclic) bond motifs is 1. The van der Waals surface area contributed by atoms with Gasteiger partial charge in [0, 0.05) is 31.0 Å². The van der Waals surface area contributed by atoms with Crippen LogP contribution in [0.25, 0.3) is 10.9 Å². The first-order chi connectivity index (χ1) is 17.3. The van der Waals surface area contributed by atoms with Gasteiger partial charge in [-0.3, -0.25) is 4.79 Å². The van der Waals surface area contributed by atoms with Crippen molar-refractivity contribution in [3.63, 3.8) is 0 Å². The van der Waals surface area contributed by atoms with Gasteiger partial charge in [0.1, 0.15) is 12.4 Å². The maximum Gasteiger partial charge on any atom is 0.282 e. The molecule has 10 heteroatoms. The fourth-order valence-corrected chi connectivity index (χ4v) is 5.10. The third-order valence-electron chi connectivity index (χ3n) is 5.38. The summed E-state index contributed by atoms with van der Waals surface area (Å²) in [6.45, 7) is 2.24. The van der Waals surface area contributed by atoms with Crippen LogP contribution in [0, 0.1) is 0 Å². The van der Waals surface area contributed by atoms with Gasteiger partial charge in [-0.15, -0.1) is 0 Å². The number of ether oxygens (including phenoxy) is 3. The number of methoxy groups -OCH3 is 2. The molecule has 0 amide bonds. The van der Waals surface area contributed by atoms with E-state index in [4.69, 9.17) is 14.2 Å². The third-order valence-corrected chi connectivity index (χ3v) is 7.11. The molecular weight excluding hydrogens is 658 g/mol. The van der Waals surface area contributed by atoms with Crippen LogP contribution >= 0.6 is 47.8 Å². The van der Waals surface area contributed by atoms with E-state index < -0.39 is 0 Å². The van der Waals surface area contributed by atoms with Gasteiger partial charge in [-0.05, 0) is 42.5 Å². The quantitative estimate of drug-likeness (QED) is 0.193. The van der Waals surface area contributed by atoms with E-state index in [9.17, 15) is 4.79 Å². The SMILES string of the molecule is CCc1nc2ccc(Br)cc2c(=O)n1N=Cc1cc(OC)c(OCc2ccc(Br)cc2Br)c(OC)c1. The van der Waals surface area contributed by atoms with E-state index in [1.807, 2.05) is 37.3 Å². The average Bonchev–Trinajstić information content (AvgIpc) is 2.87. The molecule has 0 saturated heterocycles. The maximum absolute atomic E-state index is 13.2. The fourth-order valence-electron chi connectivity index (χ4n) is 3.57. The number of aromatic nitrogens is 2. The van der Waals surface area contributed by atoms with Crippen molar-refractivity contribution >= 4 is 64.9 Å². The highest BCUT2D eigenvalue weighted by molar-refractivity contribution is 9.11. The van der Waals surface area contributed by atoms with Gasteiger partial charge in [-0.25, -0.2) is 4.98 Å². The summed E-state index contributed by atoms with van der Waals surface area (Å²) < 4.78 is 21.3. The number of rotatable bonds is 8. The van der Waals surface area contributed by atoms with Crippen LogP contribution in [0.15, 0.2) is 71.8 Å². The van der Waals surface area contributed by atoms with E-state index >= 15 is 0 Å². The first kappa shape index (κ1) is 26.4. The molecule has 0 bridgehead atoms. The standard InChI is InChI=1S/C26H22Br3N3O4/c1-4-24-31-21-8-7-17(27)11-19(21)26(33)32(24)30-13-15-9-22(34-2)25(23(10-15)35-3)36-14-16-5-6-18(28)12-20(16)29/h5-13H,4,14H2,1-3H3. The molecular formula is C26H22Br3N3O4. The lowest BCUT2D eigenvalue weighted by Gasteiger charge is -2.16. The molecule has 0 aliphatic rings. The van der Waals surface area contributed by atoms with Crippen LogP contribution in [0.3, 0.4) is 0 Å². The molecule has 0 fully saturated rings. The Labute approximate surface area is 233 Å². The highest BCUT2D eigenvalue weighted by atomic mass is 79.9. The maximum atomic E-state index is 13.2. The Balaban J connectivity index is 1.69. The van der Waals surface area contributed by atoms with Crippen molar-refractivity contribution in [1.29, 1.82) is 0 Å². The minimum Gasteiger partial charge on any atom is -0.493 e. The predicted octanol–water partition coefficient (Wildman–Crippen LogP) is 6.72. The minimum atomic E-state index is -0.242. The van der Waals surface area contributed by atoms with E-state index in [-0.39, 0.29) is 5.56 Å². The summed E-state index contributed by atoms with van der Waals surface area (Å²) in [4.78, 5) is 17.8. The molecule has 0 N–H and O–H groups in total. The number of hydrogen-bond donors (Lipinski definition) is 0. The number of halogens is 3. The van der Waals surface area contributed by atoms with Gasteiger partial charge >= 0.3 is 0 Å². The van der Waals surface area contributed by atoms with Crippen LogP contribution in [-0.4, -0.2) is 30.1 Å². The topological polar surface area (TPSA) is 74.9 Å². The Morgan fingerprint density at radius 2 is 1.64 bits per heavy atom. The molecule has 0 unspecified atom stereocenters. The zero-order valence-electron chi connectivity index (χ0n) is 19.7. The van der Waals surface area contributed by atoms with E-state index in [1.54, 1.807) is 38.6 Å². The van der Waals surface area contributed by atoms with Crippen LogP contribution in [0.2, 0.25) is 0 Å². The Morgan fingerprint density at radius 3 is 2.28 bits per heavy atom. The first-order valence-corrected chi connectivity index (χ1v) is 13.3. The molecule has 4 rings (SSSR count). The molecule has 1 aromatic heterocycles. The smallest absolute Gasteiger partial charge is 0.282 e. The molecule has 0 spiro atoms. The largest absolute Gasteiger partial charge is 0.493 e. The monoisotopic (exact) mass is 677 g/mol. The van der Waals surface area contributed by atoms with E-state index in [2.05, 4.69) is 57.9 Å². The van der Waals surface area contributed by atoms with Crippen molar-refractivity contribution in [2.45, 2.75) is 20.0 Å². The summed E-state index contributed by atoms with van der Waals surface area (Å²) >= 11 is 10.4. The lowest BCUT2D eigenvalue weighted by atomic mass is 10.2. The van der Waals surface area contributed by atoms with Gasteiger partial charge in [0.2, 0.25) is 5.75 Å². The molecule has 0 aliphatic carbocycles. The Kier molecular flexibility index (Phi) is 8.48. The molecule has 36 heavy (non-hydrogen) atoms. The molecule has 0 atom stereocenters. The third kappa shape index (κ3) is 5.66. The summed E-state index contributed by atoms with van der Waals surface area (Å²) in [6, 6.07) is 14.9. The predicted molar refractivity (Wildman–Crippen MR) is 152 cm³/mol. The van der Waals surface area contributed by atoms with Gasteiger partial charge < -0.3 is 14.2 Å². The summed E-state index contributed by atoms with van der Waals surface area (Å²) in [7, 11) is 3.12. The van der Waals surface area contributed by atoms with Gasteiger partial charge in [-0.1, -0.05) is 60.8 Å². The van der Waals surface area contributed by atoms with Crippen molar-refractivity contribution in [1.82, 2.24) is 9.66 Å². The second kappa shape index (κ2) is 11.6. The molecule has 1 heterocycles. The zero-order valence-corrected chi connectivity index (χ0v) is 24.5. The van der Waals surface area contributed by atoms with E-state index in [0.29, 0.717) is 52.6 Å². The average molecular weight is 680 g/mol. The lowest BCUT2D eigenvalue weighted by Crippen LogP contribution is -2.22. The Hall–Kier alpha value is -2.69. The molecule has 7 nitrogen and oxygen atoms in total. The van der Waals surface area contributed by atoms with Crippen LogP contribution in [0.4, 0.5) is 0 Å². The van der Waals surface area contributed by atoms with Crippen LogP contribution in [0.1, 0.15) is 23.9 Å². The van der Waals surface area contributed by atoms with Crippen molar-refractivity contribution in [3.8, 4) is 17.2 Å². The Bertz CT molecular complexity index is 1490. The summed E-state index contributed by atoms with van der Waals surface area (Å²) in [5, 5.41) is 4.94. The number of benzene rings is 3. The van der Waals surface area contributed by atoms with Gasteiger partial charge in [-0.2, -0.15) is 9.78 Å². The lowest BCUT2D eigenvalue weighted by molar-refractivity contribution is 0.265. The van der Waals surface area contributed by atoms with Crippen molar-refractivity contribution in [2.75, 3.05) is 14.2 Å². The van der Waals surface area contributed by atoms with Crippen LogP contribution in [0.5, 0.6) is 17.2 Å². The van der Waals surface area contributed by atoms with Crippen LogP contribution in [-0.2, 0) is 13.0 Å². The summed E-state index contributed by atoms with van der Waals surface area (Å²) in [5.74, 6) is 1.99. The molecule has 4 aromatic rings. The van der Waals surface area contributed by atoms with Gasteiger partial charge in [0.15, 0.2) is 11.5 Å². The Morgan fingerprint density at radius 1 is 0.972 bits per heavy atom. The second-order valence-electron chi connectivity index (χ2n) is 7.68. The first-order valence-electron chi connectivity index (χ1n) is 10.9. The van der Waals surface area contributed by atoms with Gasteiger partial charge in [0.25, 0.3) is 5.56 Å². The van der Waals surface area contributed by atoms with Crippen molar-refractivity contribution in [2.24, 2.45) is 5.10 Å². The molecule has 0 aliphatic heterocycles.